The molecule has 1 atom stereocenters. The molecule has 0 saturated carbocycles. The van der Waals surface area contributed by atoms with E-state index in [1.54, 1.807) is 35.3 Å². The average molecular weight is 448 g/mol. The lowest BCUT2D eigenvalue weighted by atomic mass is 10.1. The molecule has 31 heavy (non-hydrogen) atoms. The zero-order valence-electron chi connectivity index (χ0n) is 18.4. The topological polar surface area (TPSA) is 74.3 Å². The van der Waals surface area contributed by atoms with Crippen LogP contribution in [0.3, 0.4) is 0 Å². The summed E-state index contributed by atoms with van der Waals surface area (Å²) in [6.07, 6.45) is -0.0707. The average Bonchev–Trinajstić information content (AvgIpc) is 3.23. The van der Waals surface area contributed by atoms with Crippen molar-refractivity contribution in [3.8, 4) is 17.2 Å². The Labute approximate surface area is 186 Å². The number of carbonyl (C=O) groups is 2. The summed E-state index contributed by atoms with van der Waals surface area (Å²) < 4.78 is 22.5. The number of hydrogen-bond donors (Lipinski definition) is 0. The highest BCUT2D eigenvalue weighted by atomic mass is 32.1. The van der Waals surface area contributed by atoms with Gasteiger partial charge >= 0.3 is 5.97 Å². The van der Waals surface area contributed by atoms with Crippen LogP contribution in [-0.4, -0.2) is 49.2 Å². The third-order valence-corrected chi connectivity index (χ3v) is 5.92. The summed E-state index contributed by atoms with van der Waals surface area (Å²) >= 11 is 1.71. The van der Waals surface area contributed by atoms with Crippen LogP contribution >= 0.6 is 11.3 Å². The fourth-order valence-electron chi connectivity index (χ4n) is 3.48. The number of rotatable bonds is 9. The van der Waals surface area contributed by atoms with Gasteiger partial charge in [0.25, 0.3) is 5.91 Å². The molecule has 2 heterocycles. The molecular weight excluding hydrogens is 418 g/mol. The minimum Gasteiger partial charge on any atom is -0.490 e. The van der Waals surface area contributed by atoms with E-state index in [9.17, 15) is 9.59 Å². The van der Waals surface area contributed by atoms with Crippen LogP contribution in [0, 0.1) is 0 Å². The van der Waals surface area contributed by atoms with Crippen molar-refractivity contribution in [2.75, 3.05) is 26.4 Å². The van der Waals surface area contributed by atoms with Crippen LogP contribution in [0.25, 0.3) is 0 Å². The van der Waals surface area contributed by atoms with E-state index in [-0.39, 0.29) is 11.5 Å². The lowest BCUT2D eigenvalue weighted by Crippen LogP contribution is -2.42. The van der Waals surface area contributed by atoms with Crippen LogP contribution in [0.15, 0.2) is 23.6 Å². The molecule has 1 aliphatic rings. The lowest BCUT2D eigenvalue weighted by molar-refractivity contribution is -0.140. The van der Waals surface area contributed by atoms with E-state index in [1.165, 1.54) is 4.88 Å². The number of hydrogen-bond acceptors (Lipinski definition) is 7. The van der Waals surface area contributed by atoms with E-state index >= 15 is 0 Å². The van der Waals surface area contributed by atoms with E-state index in [2.05, 4.69) is 0 Å². The number of nitrogens with zero attached hydrogens (tertiary/aromatic N) is 1. The Bertz CT molecular complexity index is 898. The normalized spacial score (nSPS) is 13.9. The number of thiophene rings is 1. The molecule has 0 aliphatic carbocycles. The molecule has 1 aromatic carbocycles. The van der Waals surface area contributed by atoms with E-state index in [1.807, 2.05) is 32.2 Å². The molecule has 1 aromatic heterocycles. The van der Waals surface area contributed by atoms with Crippen LogP contribution in [0.2, 0.25) is 0 Å². The minimum atomic E-state index is -0.898. The second kappa shape index (κ2) is 10.5. The van der Waals surface area contributed by atoms with Gasteiger partial charge in [0.15, 0.2) is 17.6 Å². The van der Waals surface area contributed by atoms with Crippen molar-refractivity contribution in [2.45, 2.75) is 46.8 Å². The standard InChI is InChI=1S/C23H29NO6S/c1-5-27-18-12-17(13-19(28-6-2)21(18)29-7-3)23(26)30-15(4)22(25)24-10-8-20-16(14-24)9-11-31-20/h9,11-13,15H,5-8,10,14H2,1-4H3. The van der Waals surface area contributed by atoms with Gasteiger partial charge in [-0.25, -0.2) is 4.79 Å². The Morgan fingerprint density at radius 3 is 2.32 bits per heavy atom. The first-order valence-electron chi connectivity index (χ1n) is 10.6. The number of benzene rings is 1. The zero-order chi connectivity index (χ0) is 22.4. The Balaban J connectivity index is 1.74. The van der Waals surface area contributed by atoms with Crippen molar-refractivity contribution in [1.29, 1.82) is 0 Å². The molecule has 0 bridgehead atoms. The van der Waals surface area contributed by atoms with Crippen LogP contribution in [0.1, 0.15) is 48.5 Å². The van der Waals surface area contributed by atoms with Gasteiger partial charge in [-0.3, -0.25) is 4.79 Å². The predicted molar refractivity (Wildman–Crippen MR) is 118 cm³/mol. The molecule has 8 heteroatoms. The summed E-state index contributed by atoms with van der Waals surface area (Å²) in [7, 11) is 0. The van der Waals surface area contributed by atoms with Gasteiger partial charge in [0, 0.05) is 18.0 Å². The van der Waals surface area contributed by atoms with Crippen LogP contribution in [0.5, 0.6) is 17.2 Å². The molecule has 3 rings (SSSR count). The number of carbonyl (C=O) groups excluding carboxylic acids is 2. The van der Waals surface area contributed by atoms with Gasteiger partial charge in [-0.05, 0) is 63.3 Å². The first-order chi connectivity index (χ1) is 15.0. The first kappa shape index (κ1) is 22.9. The van der Waals surface area contributed by atoms with E-state index in [0.717, 1.165) is 12.0 Å². The van der Waals surface area contributed by atoms with Gasteiger partial charge in [0.1, 0.15) is 0 Å². The molecule has 1 amide bonds. The molecule has 168 valence electrons. The van der Waals surface area contributed by atoms with Gasteiger partial charge in [-0.15, -0.1) is 11.3 Å². The largest absolute Gasteiger partial charge is 0.490 e. The Morgan fingerprint density at radius 1 is 1.06 bits per heavy atom. The van der Waals surface area contributed by atoms with Crippen LogP contribution in [-0.2, 0) is 22.5 Å². The minimum absolute atomic E-state index is 0.203. The van der Waals surface area contributed by atoms with Crippen molar-refractivity contribution >= 4 is 23.2 Å². The SMILES string of the molecule is CCOc1cc(C(=O)OC(C)C(=O)N2CCc3sccc3C2)cc(OCC)c1OCC. The highest BCUT2D eigenvalue weighted by molar-refractivity contribution is 7.10. The summed E-state index contributed by atoms with van der Waals surface area (Å²) in [6, 6.07) is 5.17. The van der Waals surface area contributed by atoms with Crippen LogP contribution < -0.4 is 14.2 Å². The monoisotopic (exact) mass is 447 g/mol. The maximum Gasteiger partial charge on any atom is 0.339 e. The molecule has 2 aromatic rings. The number of fused-ring (bicyclic) bond motifs is 1. The Kier molecular flexibility index (Phi) is 7.79. The maximum atomic E-state index is 12.9. The second-order valence-corrected chi connectivity index (χ2v) is 8.03. The third kappa shape index (κ3) is 5.31. The van der Waals surface area contributed by atoms with Gasteiger partial charge in [0.05, 0.1) is 25.4 Å². The second-order valence-electron chi connectivity index (χ2n) is 7.03. The Morgan fingerprint density at radius 2 is 1.71 bits per heavy atom. The lowest BCUT2D eigenvalue weighted by Gasteiger charge is -2.29. The quantitative estimate of drug-likeness (QED) is 0.540. The van der Waals surface area contributed by atoms with E-state index in [0.29, 0.717) is 50.2 Å². The van der Waals surface area contributed by atoms with Crippen molar-refractivity contribution in [2.24, 2.45) is 0 Å². The highest BCUT2D eigenvalue weighted by Gasteiger charge is 2.28. The predicted octanol–water partition coefficient (Wildman–Crippen LogP) is 4.07. The van der Waals surface area contributed by atoms with E-state index in [4.69, 9.17) is 18.9 Å². The summed E-state index contributed by atoms with van der Waals surface area (Å²) in [5.41, 5.74) is 1.41. The Hall–Kier alpha value is -2.74. The molecule has 0 radical (unpaired) electrons. The zero-order valence-corrected chi connectivity index (χ0v) is 19.3. The molecule has 0 fully saturated rings. The van der Waals surface area contributed by atoms with Crippen LogP contribution in [0.4, 0.5) is 0 Å². The molecule has 7 nitrogen and oxygen atoms in total. The number of esters is 1. The van der Waals surface area contributed by atoms with Gasteiger partial charge < -0.3 is 23.8 Å². The molecule has 0 spiro atoms. The van der Waals surface area contributed by atoms with Gasteiger partial charge in [-0.2, -0.15) is 0 Å². The number of amides is 1. The summed E-state index contributed by atoms with van der Waals surface area (Å²) in [5.74, 6) is 0.446. The summed E-state index contributed by atoms with van der Waals surface area (Å²) in [5, 5.41) is 2.04. The van der Waals surface area contributed by atoms with Crippen molar-refractivity contribution < 1.29 is 28.5 Å². The fraction of sp³-hybridized carbons (Fsp3) is 0.478. The fourth-order valence-corrected chi connectivity index (χ4v) is 4.37. The molecule has 1 unspecified atom stereocenters. The van der Waals surface area contributed by atoms with Crippen molar-refractivity contribution in [1.82, 2.24) is 4.90 Å². The van der Waals surface area contributed by atoms with E-state index < -0.39 is 12.1 Å². The van der Waals surface area contributed by atoms with Gasteiger partial charge in [-0.1, -0.05) is 0 Å². The van der Waals surface area contributed by atoms with Crippen molar-refractivity contribution in [3.05, 3.63) is 39.6 Å². The molecule has 0 saturated heterocycles. The van der Waals surface area contributed by atoms with Crippen molar-refractivity contribution in [3.63, 3.8) is 0 Å². The summed E-state index contributed by atoms with van der Waals surface area (Å²) in [6.45, 7) is 9.56. The first-order valence-corrected chi connectivity index (χ1v) is 11.5. The smallest absolute Gasteiger partial charge is 0.339 e. The third-order valence-electron chi connectivity index (χ3n) is 4.90. The molecule has 0 N–H and O–H groups in total. The molecule has 1 aliphatic heterocycles. The number of ether oxygens (including phenoxy) is 4. The van der Waals surface area contributed by atoms with Gasteiger partial charge in [0.2, 0.25) is 5.75 Å². The maximum absolute atomic E-state index is 12.9. The highest BCUT2D eigenvalue weighted by Crippen LogP contribution is 2.39. The summed E-state index contributed by atoms with van der Waals surface area (Å²) in [4.78, 5) is 28.7. The molecular formula is C23H29NO6S.